The molecule has 0 aromatic carbocycles. The van der Waals surface area contributed by atoms with Crippen molar-refractivity contribution in [1.29, 1.82) is 0 Å². The number of hydrogen-bond acceptors (Lipinski definition) is 3. The van der Waals surface area contributed by atoms with Gasteiger partial charge < -0.3 is 14.9 Å². The van der Waals surface area contributed by atoms with Gasteiger partial charge in [0.25, 0.3) is 0 Å². The van der Waals surface area contributed by atoms with Gasteiger partial charge in [0.2, 0.25) is 0 Å². The maximum absolute atomic E-state index is 9.34. The van der Waals surface area contributed by atoms with Gasteiger partial charge in [-0.2, -0.15) is 0 Å². The second kappa shape index (κ2) is 2.19. The first-order valence-corrected chi connectivity index (χ1v) is 3.77. The van der Waals surface area contributed by atoms with Gasteiger partial charge in [-0.15, -0.1) is 0 Å². The summed E-state index contributed by atoms with van der Waals surface area (Å²) in [5.74, 6) is 0.346. The fourth-order valence-corrected chi connectivity index (χ4v) is 1.19. The maximum atomic E-state index is 9.34. The molecule has 58 valence electrons. The molecule has 3 nitrogen and oxygen atoms in total. The van der Waals surface area contributed by atoms with Gasteiger partial charge in [0.1, 0.15) is 12.2 Å². The summed E-state index contributed by atoms with van der Waals surface area (Å²) in [6, 6.07) is 0. The molecule has 2 N–H and O–H groups in total. The largest absolute Gasteiger partial charge is 0.390 e. The summed E-state index contributed by atoms with van der Waals surface area (Å²) in [5, 5.41) is 18.6. The highest BCUT2D eigenvalue weighted by molar-refractivity contribution is 4.92. The lowest BCUT2D eigenvalue weighted by Crippen LogP contribution is -2.32. The summed E-state index contributed by atoms with van der Waals surface area (Å²) >= 11 is 0. The van der Waals surface area contributed by atoms with Gasteiger partial charge in [0.15, 0.2) is 0 Å². The monoisotopic (exact) mass is 144 g/mol. The molecular weight excluding hydrogens is 132 g/mol. The van der Waals surface area contributed by atoms with Gasteiger partial charge in [0, 0.05) is 0 Å². The SMILES string of the molecule is OC(C1CC1)C(O)C1CO1. The minimum absolute atomic E-state index is 0.0735. The fraction of sp³-hybridized carbons (Fsp3) is 1.00. The molecule has 2 aliphatic rings. The number of rotatable bonds is 3. The minimum Gasteiger partial charge on any atom is -0.390 e. The molecule has 1 aliphatic carbocycles. The number of ether oxygens (including phenoxy) is 1. The third-order valence-electron chi connectivity index (χ3n) is 2.19. The van der Waals surface area contributed by atoms with Crippen LogP contribution in [0.2, 0.25) is 0 Å². The molecule has 1 saturated heterocycles. The highest BCUT2D eigenvalue weighted by Gasteiger charge is 2.42. The zero-order chi connectivity index (χ0) is 7.14. The Kier molecular flexibility index (Phi) is 1.44. The topological polar surface area (TPSA) is 53.0 Å². The van der Waals surface area contributed by atoms with Gasteiger partial charge in [-0.05, 0) is 18.8 Å². The van der Waals surface area contributed by atoms with Gasteiger partial charge >= 0.3 is 0 Å². The summed E-state index contributed by atoms with van der Waals surface area (Å²) in [4.78, 5) is 0. The summed E-state index contributed by atoms with van der Waals surface area (Å²) in [5.41, 5.74) is 0. The number of aliphatic hydroxyl groups excluding tert-OH is 2. The average molecular weight is 144 g/mol. The lowest BCUT2D eigenvalue weighted by atomic mass is 10.1. The molecular formula is C7H12O3. The first kappa shape index (κ1) is 6.58. The molecule has 0 aromatic rings. The number of epoxide rings is 1. The van der Waals surface area contributed by atoms with E-state index in [9.17, 15) is 10.2 Å². The van der Waals surface area contributed by atoms with Gasteiger partial charge in [-0.1, -0.05) is 0 Å². The molecule has 1 heterocycles. The van der Waals surface area contributed by atoms with Crippen LogP contribution in [-0.2, 0) is 4.74 Å². The molecule has 2 rings (SSSR count). The second-order valence-corrected chi connectivity index (χ2v) is 3.19. The summed E-state index contributed by atoms with van der Waals surface area (Å²) in [6.45, 7) is 0.616. The maximum Gasteiger partial charge on any atom is 0.109 e. The summed E-state index contributed by atoms with van der Waals surface area (Å²) in [7, 11) is 0. The zero-order valence-electron chi connectivity index (χ0n) is 5.73. The van der Waals surface area contributed by atoms with E-state index < -0.39 is 12.2 Å². The van der Waals surface area contributed by atoms with Crippen LogP contribution >= 0.6 is 0 Å². The van der Waals surface area contributed by atoms with Crippen LogP contribution < -0.4 is 0 Å². The van der Waals surface area contributed by atoms with Crippen LogP contribution in [0.5, 0.6) is 0 Å². The van der Waals surface area contributed by atoms with E-state index in [0.29, 0.717) is 12.5 Å². The van der Waals surface area contributed by atoms with Crippen LogP contribution in [0.15, 0.2) is 0 Å². The quantitative estimate of drug-likeness (QED) is 0.526. The Bertz CT molecular complexity index is 113. The first-order valence-electron chi connectivity index (χ1n) is 3.77. The highest BCUT2D eigenvalue weighted by Crippen LogP contribution is 2.36. The molecule has 0 spiro atoms. The van der Waals surface area contributed by atoms with E-state index in [4.69, 9.17) is 4.74 Å². The molecule has 0 amide bonds. The third kappa shape index (κ3) is 1.17. The predicted molar refractivity (Wildman–Crippen MR) is 34.5 cm³/mol. The van der Waals surface area contributed by atoms with Crippen molar-refractivity contribution in [3.05, 3.63) is 0 Å². The molecule has 0 aromatic heterocycles. The van der Waals surface area contributed by atoms with Crippen molar-refractivity contribution < 1.29 is 14.9 Å². The summed E-state index contributed by atoms with van der Waals surface area (Å²) < 4.78 is 4.86. The molecule has 1 aliphatic heterocycles. The van der Waals surface area contributed by atoms with E-state index in [-0.39, 0.29) is 6.10 Å². The van der Waals surface area contributed by atoms with E-state index in [1.165, 1.54) is 0 Å². The van der Waals surface area contributed by atoms with Crippen molar-refractivity contribution in [3.8, 4) is 0 Å². The Balaban J connectivity index is 1.83. The molecule has 3 heteroatoms. The average Bonchev–Trinajstić information content (AvgIpc) is 2.73. The Labute approximate surface area is 59.6 Å². The van der Waals surface area contributed by atoms with Crippen LogP contribution in [0, 0.1) is 5.92 Å². The van der Waals surface area contributed by atoms with Crippen molar-refractivity contribution in [2.75, 3.05) is 6.61 Å². The fourth-order valence-electron chi connectivity index (χ4n) is 1.19. The second-order valence-electron chi connectivity index (χ2n) is 3.19. The Morgan fingerprint density at radius 3 is 2.20 bits per heavy atom. The van der Waals surface area contributed by atoms with Gasteiger partial charge in [-0.25, -0.2) is 0 Å². The van der Waals surface area contributed by atoms with E-state index in [0.717, 1.165) is 12.8 Å². The smallest absolute Gasteiger partial charge is 0.109 e. The standard InChI is InChI=1S/C7H12O3/c8-6(4-1-2-4)7(9)5-3-10-5/h4-9H,1-3H2. The van der Waals surface area contributed by atoms with E-state index >= 15 is 0 Å². The minimum atomic E-state index is -0.632. The predicted octanol–water partition coefficient (Wildman–Crippen LogP) is -0.483. The van der Waals surface area contributed by atoms with Crippen molar-refractivity contribution in [2.45, 2.75) is 31.2 Å². The van der Waals surface area contributed by atoms with Crippen LogP contribution in [0.1, 0.15) is 12.8 Å². The number of hydrogen-bond donors (Lipinski definition) is 2. The third-order valence-corrected chi connectivity index (χ3v) is 2.19. The van der Waals surface area contributed by atoms with E-state index in [1.54, 1.807) is 0 Å². The molecule has 3 atom stereocenters. The van der Waals surface area contributed by atoms with Gasteiger partial charge in [0.05, 0.1) is 12.7 Å². The molecule has 10 heavy (non-hydrogen) atoms. The Morgan fingerprint density at radius 1 is 1.20 bits per heavy atom. The van der Waals surface area contributed by atoms with Crippen molar-refractivity contribution in [3.63, 3.8) is 0 Å². The van der Waals surface area contributed by atoms with Crippen LogP contribution in [0.25, 0.3) is 0 Å². The van der Waals surface area contributed by atoms with Crippen LogP contribution in [-0.4, -0.2) is 35.1 Å². The highest BCUT2D eigenvalue weighted by atomic mass is 16.6. The molecule has 1 saturated carbocycles. The number of aliphatic hydroxyl groups is 2. The Morgan fingerprint density at radius 2 is 1.80 bits per heavy atom. The van der Waals surface area contributed by atoms with Crippen molar-refractivity contribution in [2.24, 2.45) is 5.92 Å². The molecule has 3 unspecified atom stereocenters. The van der Waals surface area contributed by atoms with Crippen molar-refractivity contribution >= 4 is 0 Å². The lowest BCUT2D eigenvalue weighted by molar-refractivity contribution is -0.00908. The Hall–Kier alpha value is -0.120. The summed E-state index contributed by atoms with van der Waals surface area (Å²) in [6.07, 6.45) is 0.881. The molecule has 0 radical (unpaired) electrons. The molecule has 2 fully saturated rings. The zero-order valence-corrected chi connectivity index (χ0v) is 5.73. The van der Waals surface area contributed by atoms with Crippen molar-refractivity contribution in [1.82, 2.24) is 0 Å². The van der Waals surface area contributed by atoms with E-state index in [1.807, 2.05) is 0 Å². The lowest BCUT2D eigenvalue weighted by Gasteiger charge is -2.13. The van der Waals surface area contributed by atoms with Gasteiger partial charge in [-0.3, -0.25) is 0 Å². The van der Waals surface area contributed by atoms with Crippen LogP contribution in [0.4, 0.5) is 0 Å². The first-order chi connectivity index (χ1) is 4.79. The normalized spacial score (nSPS) is 37.2. The van der Waals surface area contributed by atoms with E-state index in [2.05, 4.69) is 0 Å². The van der Waals surface area contributed by atoms with Crippen LogP contribution in [0.3, 0.4) is 0 Å². The molecule has 0 bridgehead atoms.